The van der Waals surface area contributed by atoms with Crippen LogP contribution in [0.15, 0.2) is 24.3 Å². The molecule has 0 aromatic heterocycles. The van der Waals surface area contributed by atoms with Crippen molar-refractivity contribution >= 4 is 0 Å². The highest BCUT2D eigenvalue weighted by Gasteiger charge is 2.16. The van der Waals surface area contributed by atoms with Crippen molar-refractivity contribution in [2.45, 2.75) is 79.0 Å². The van der Waals surface area contributed by atoms with Gasteiger partial charge in [0.15, 0.2) is 0 Å². The fraction of sp³-hybridized carbons (Fsp3) is 0.714. The van der Waals surface area contributed by atoms with Crippen LogP contribution in [0, 0.1) is 5.41 Å². The average Bonchev–Trinajstić information content (AvgIpc) is 2.53. The van der Waals surface area contributed by atoms with E-state index >= 15 is 0 Å². The molecule has 0 heterocycles. The van der Waals surface area contributed by atoms with Gasteiger partial charge >= 0.3 is 0 Å². The molecule has 0 aliphatic rings. The molecule has 1 aromatic carbocycles. The standard InChI is InChI=1S/C21H38N2O/c1-7-20(3,4)13-17-10-9-11-18(12-17)14-22-15-19(24)16-23-21(5,6)8-2/h9-12,19,22-24H,7-8,13-16H2,1-6H3. The largest absolute Gasteiger partial charge is 0.390 e. The van der Waals surface area contributed by atoms with Gasteiger partial charge in [0.1, 0.15) is 0 Å². The van der Waals surface area contributed by atoms with Gasteiger partial charge in [0, 0.05) is 25.2 Å². The Labute approximate surface area is 149 Å². The molecular formula is C21H38N2O. The molecule has 0 radical (unpaired) electrons. The molecule has 3 heteroatoms. The molecule has 0 spiro atoms. The van der Waals surface area contributed by atoms with E-state index in [4.69, 9.17) is 0 Å². The second-order valence-electron chi connectivity index (χ2n) is 8.42. The molecule has 24 heavy (non-hydrogen) atoms. The number of aliphatic hydroxyl groups is 1. The number of rotatable bonds is 11. The SMILES string of the molecule is CCC(C)(C)Cc1cccc(CNCC(O)CNC(C)(C)CC)c1. The fourth-order valence-electron chi connectivity index (χ4n) is 2.50. The van der Waals surface area contributed by atoms with Crippen LogP contribution in [-0.2, 0) is 13.0 Å². The van der Waals surface area contributed by atoms with Gasteiger partial charge in [-0.05, 0) is 43.2 Å². The first-order chi connectivity index (χ1) is 11.2. The number of β-amino-alcohol motifs (C(OH)–C–C–N with tert-alkyl or cyclic N) is 1. The van der Waals surface area contributed by atoms with Crippen molar-refractivity contribution in [1.29, 1.82) is 0 Å². The maximum absolute atomic E-state index is 10.1. The molecule has 0 amide bonds. The van der Waals surface area contributed by atoms with Crippen LogP contribution in [0.3, 0.4) is 0 Å². The molecule has 0 saturated carbocycles. The summed E-state index contributed by atoms with van der Waals surface area (Å²) in [6.07, 6.45) is 2.98. The Morgan fingerprint density at radius 2 is 1.67 bits per heavy atom. The first-order valence-electron chi connectivity index (χ1n) is 9.39. The van der Waals surface area contributed by atoms with E-state index in [0.717, 1.165) is 19.4 Å². The highest BCUT2D eigenvalue weighted by molar-refractivity contribution is 5.24. The van der Waals surface area contributed by atoms with E-state index in [1.807, 2.05) is 0 Å². The van der Waals surface area contributed by atoms with E-state index in [2.05, 4.69) is 76.4 Å². The lowest BCUT2D eigenvalue weighted by atomic mass is 9.83. The minimum atomic E-state index is -0.363. The molecular weight excluding hydrogens is 296 g/mol. The summed E-state index contributed by atoms with van der Waals surface area (Å²) >= 11 is 0. The van der Waals surface area contributed by atoms with E-state index < -0.39 is 0 Å². The maximum Gasteiger partial charge on any atom is 0.0789 e. The minimum Gasteiger partial charge on any atom is -0.390 e. The predicted octanol–water partition coefficient (Wildman–Crippen LogP) is 3.89. The number of aliphatic hydroxyl groups excluding tert-OH is 1. The van der Waals surface area contributed by atoms with Gasteiger partial charge in [-0.3, -0.25) is 0 Å². The molecule has 0 fully saturated rings. The molecule has 1 rings (SSSR count). The van der Waals surface area contributed by atoms with Gasteiger partial charge in [-0.1, -0.05) is 58.4 Å². The van der Waals surface area contributed by atoms with Crippen LogP contribution in [0.1, 0.15) is 65.5 Å². The Hall–Kier alpha value is -0.900. The van der Waals surface area contributed by atoms with Crippen molar-refractivity contribution in [1.82, 2.24) is 10.6 Å². The van der Waals surface area contributed by atoms with Crippen molar-refractivity contribution in [3.05, 3.63) is 35.4 Å². The topological polar surface area (TPSA) is 44.3 Å². The number of hydrogen-bond donors (Lipinski definition) is 3. The fourth-order valence-corrected chi connectivity index (χ4v) is 2.50. The number of nitrogens with one attached hydrogen (secondary N) is 2. The van der Waals surface area contributed by atoms with Crippen LogP contribution in [0.5, 0.6) is 0 Å². The zero-order valence-corrected chi connectivity index (χ0v) is 16.6. The molecule has 3 nitrogen and oxygen atoms in total. The van der Waals surface area contributed by atoms with Gasteiger partial charge in [0.2, 0.25) is 0 Å². The molecule has 1 atom stereocenters. The van der Waals surface area contributed by atoms with Crippen LogP contribution >= 0.6 is 0 Å². The van der Waals surface area contributed by atoms with Crippen molar-refractivity contribution in [3.63, 3.8) is 0 Å². The third kappa shape index (κ3) is 8.27. The van der Waals surface area contributed by atoms with Crippen molar-refractivity contribution in [2.75, 3.05) is 13.1 Å². The number of benzene rings is 1. The van der Waals surface area contributed by atoms with Crippen molar-refractivity contribution in [2.24, 2.45) is 5.41 Å². The first kappa shape index (κ1) is 21.1. The Bertz CT molecular complexity index is 482. The second kappa shape index (κ2) is 9.55. The summed E-state index contributed by atoms with van der Waals surface area (Å²) in [5.74, 6) is 0. The molecule has 0 aliphatic carbocycles. The number of hydrogen-bond acceptors (Lipinski definition) is 3. The zero-order chi connectivity index (χ0) is 18.2. The maximum atomic E-state index is 10.1. The van der Waals surface area contributed by atoms with Gasteiger partial charge in [-0.25, -0.2) is 0 Å². The lowest BCUT2D eigenvalue weighted by Gasteiger charge is -2.26. The highest BCUT2D eigenvalue weighted by Crippen LogP contribution is 2.25. The molecule has 1 unspecified atom stereocenters. The van der Waals surface area contributed by atoms with Gasteiger partial charge in [-0.2, -0.15) is 0 Å². The zero-order valence-electron chi connectivity index (χ0n) is 16.6. The van der Waals surface area contributed by atoms with Crippen LogP contribution in [0.25, 0.3) is 0 Å². The van der Waals surface area contributed by atoms with Crippen molar-refractivity contribution in [3.8, 4) is 0 Å². The summed E-state index contributed by atoms with van der Waals surface area (Å²) in [5.41, 5.74) is 3.11. The van der Waals surface area contributed by atoms with Crippen LogP contribution < -0.4 is 10.6 Å². The Morgan fingerprint density at radius 3 is 2.29 bits per heavy atom. The van der Waals surface area contributed by atoms with Crippen LogP contribution in [0.4, 0.5) is 0 Å². The third-order valence-electron chi connectivity index (χ3n) is 5.04. The first-order valence-corrected chi connectivity index (χ1v) is 9.39. The Kier molecular flexibility index (Phi) is 8.41. The van der Waals surface area contributed by atoms with Crippen molar-refractivity contribution < 1.29 is 5.11 Å². The van der Waals surface area contributed by atoms with Gasteiger partial charge < -0.3 is 15.7 Å². The molecule has 0 saturated heterocycles. The van der Waals surface area contributed by atoms with Gasteiger partial charge in [0.05, 0.1) is 6.10 Å². The Balaban J connectivity index is 2.40. The summed E-state index contributed by atoms with van der Waals surface area (Å²) in [7, 11) is 0. The summed E-state index contributed by atoms with van der Waals surface area (Å²) < 4.78 is 0. The highest BCUT2D eigenvalue weighted by atomic mass is 16.3. The third-order valence-corrected chi connectivity index (χ3v) is 5.04. The monoisotopic (exact) mass is 334 g/mol. The molecule has 138 valence electrons. The smallest absolute Gasteiger partial charge is 0.0789 e. The van der Waals surface area contributed by atoms with Gasteiger partial charge in [0.25, 0.3) is 0 Å². The minimum absolute atomic E-state index is 0.0847. The lowest BCUT2D eigenvalue weighted by Crippen LogP contribution is -2.45. The normalized spacial score (nSPS) is 14.0. The van der Waals surface area contributed by atoms with E-state index in [1.165, 1.54) is 17.5 Å². The molecule has 1 aromatic rings. The molecule has 0 bridgehead atoms. The summed E-state index contributed by atoms with van der Waals surface area (Å²) in [6.45, 7) is 15.4. The van der Waals surface area contributed by atoms with E-state index in [9.17, 15) is 5.11 Å². The van der Waals surface area contributed by atoms with Crippen LogP contribution in [0.2, 0.25) is 0 Å². The molecule has 0 aliphatic heterocycles. The molecule has 3 N–H and O–H groups in total. The Morgan fingerprint density at radius 1 is 1.00 bits per heavy atom. The average molecular weight is 335 g/mol. The van der Waals surface area contributed by atoms with E-state index in [0.29, 0.717) is 18.5 Å². The van der Waals surface area contributed by atoms with Crippen LogP contribution in [-0.4, -0.2) is 29.8 Å². The van der Waals surface area contributed by atoms with Gasteiger partial charge in [-0.15, -0.1) is 0 Å². The summed E-state index contributed by atoms with van der Waals surface area (Å²) in [6, 6.07) is 8.79. The van der Waals surface area contributed by atoms with E-state index in [1.54, 1.807) is 0 Å². The van der Waals surface area contributed by atoms with E-state index in [-0.39, 0.29) is 11.6 Å². The second-order valence-corrected chi connectivity index (χ2v) is 8.42. The lowest BCUT2D eigenvalue weighted by molar-refractivity contribution is 0.155. The summed E-state index contributed by atoms with van der Waals surface area (Å²) in [5, 5.41) is 16.9. The predicted molar refractivity (Wildman–Crippen MR) is 104 cm³/mol. The quantitative estimate of drug-likeness (QED) is 0.575. The summed E-state index contributed by atoms with van der Waals surface area (Å²) in [4.78, 5) is 0.